The van der Waals surface area contributed by atoms with E-state index in [1.54, 1.807) is 7.11 Å². The predicted molar refractivity (Wildman–Crippen MR) is 74.3 cm³/mol. The molecule has 1 atom stereocenters. The second-order valence-corrected chi connectivity index (χ2v) is 5.35. The maximum absolute atomic E-state index is 5.66. The SMILES string of the molecule is COc1ccccc1[C@@H](C)NC1COC(C)(C)OC1. The Morgan fingerprint density at radius 2 is 1.89 bits per heavy atom. The van der Waals surface area contributed by atoms with Crippen LogP contribution in [0.15, 0.2) is 24.3 Å². The van der Waals surface area contributed by atoms with Crippen LogP contribution in [-0.2, 0) is 9.47 Å². The van der Waals surface area contributed by atoms with E-state index in [2.05, 4.69) is 18.3 Å². The van der Waals surface area contributed by atoms with E-state index in [0.29, 0.717) is 13.2 Å². The highest BCUT2D eigenvalue weighted by Gasteiger charge is 2.29. The Hall–Kier alpha value is -1.10. The van der Waals surface area contributed by atoms with Gasteiger partial charge in [0.2, 0.25) is 0 Å². The van der Waals surface area contributed by atoms with E-state index >= 15 is 0 Å². The monoisotopic (exact) mass is 265 g/mol. The number of hydrogen-bond acceptors (Lipinski definition) is 4. The third-order valence-corrected chi connectivity index (χ3v) is 3.36. The van der Waals surface area contributed by atoms with Gasteiger partial charge in [-0.15, -0.1) is 0 Å². The molecule has 0 bridgehead atoms. The van der Waals surface area contributed by atoms with Crippen molar-refractivity contribution >= 4 is 0 Å². The normalized spacial score (nSPS) is 21.1. The first-order valence-corrected chi connectivity index (χ1v) is 6.69. The number of ether oxygens (including phenoxy) is 3. The molecule has 0 spiro atoms. The molecule has 1 aromatic rings. The topological polar surface area (TPSA) is 39.7 Å². The summed E-state index contributed by atoms with van der Waals surface area (Å²) >= 11 is 0. The Kier molecular flexibility index (Phi) is 4.45. The quantitative estimate of drug-likeness (QED) is 0.908. The van der Waals surface area contributed by atoms with Gasteiger partial charge in [-0.3, -0.25) is 0 Å². The molecule has 1 fully saturated rings. The number of hydrogen-bond donors (Lipinski definition) is 1. The highest BCUT2D eigenvalue weighted by atomic mass is 16.7. The molecule has 1 saturated heterocycles. The molecule has 4 heteroatoms. The zero-order valence-corrected chi connectivity index (χ0v) is 12.1. The van der Waals surface area contributed by atoms with Gasteiger partial charge in [0.15, 0.2) is 5.79 Å². The van der Waals surface area contributed by atoms with Crippen molar-refractivity contribution in [2.24, 2.45) is 0 Å². The molecule has 0 saturated carbocycles. The van der Waals surface area contributed by atoms with Gasteiger partial charge in [0.05, 0.1) is 26.4 Å². The van der Waals surface area contributed by atoms with E-state index in [1.807, 2.05) is 32.0 Å². The van der Waals surface area contributed by atoms with Crippen LogP contribution in [0.25, 0.3) is 0 Å². The largest absolute Gasteiger partial charge is 0.496 e. The fourth-order valence-electron chi connectivity index (χ4n) is 2.26. The zero-order valence-electron chi connectivity index (χ0n) is 12.1. The van der Waals surface area contributed by atoms with Crippen LogP contribution in [0.3, 0.4) is 0 Å². The molecule has 0 aromatic heterocycles. The van der Waals surface area contributed by atoms with Crippen LogP contribution in [-0.4, -0.2) is 32.2 Å². The summed E-state index contributed by atoms with van der Waals surface area (Å²) in [5.74, 6) is 0.437. The first-order valence-electron chi connectivity index (χ1n) is 6.69. The molecule has 1 aromatic carbocycles. The lowest BCUT2D eigenvalue weighted by Crippen LogP contribution is -2.49. The minimum atomic E-state index is -0.466. The molecule has 0 radical (unpaired) electrons. The summed E-state index contributed by atoms with van der Waals surface area (Å²) in [6.45, 7) is 7.32. The van der Waals surface area contributed by atoms with Crippen molar-refractivity contribution < 1.29 is 14.2 Å². The van der Waals surface area contributed by atoms with E-state index in [1.165, 1.54) is 0 Å². The van der Waals surface area contributed by atoms with Gasteiger partial charge in [-0.05, 0) is 26.8 Å². The van der Waals surface area contributed by atoms with Gasteiger partial charge in [-0.1, -0.05) is 18.2 Å². The van der Waals surface area contributed by atoms with Crippen LogP contribution in [0.4, 0.5) is 0 Å². The summed E-state index contributed by atoms with van der Waals surface area (Å²) in [4.78, 5) is 0. The molecule has 1 aliphatic rings. The van der Waals surface area contributed by atoms with Crippen molar-refractivity contribution in [3.05, 3.63) is 29.8 Å². The van der Waals surface area contributed by atoms with Crippen LogP contribution in [0.1, 0.15) is 32.4 Å². The summed E-state index contributed by atoms with van der Waals surface area (Å²) < 4.78 is 16.7. The van der Waals surface area contributed by atoms with E-state index < -0.39 is 5.79 Å². The number of rotatable bonds is 4. The van der Waals surface area contributed by atoms with Gasteiger partial charge < -0.3 is 19.5 Å². The fraction of sp³-hybridized carbons (Fsp3) is 0.600. The summed E-state index contributed by atoms with van der Waals surface area (Å²) in [6.07, 6.45) is 0. The maximum atomic E-state index is 5.66. The first-order chi connectivity index (χ1) is 9.02. The summed E-state index contributed by atoms with van der Waals surface area (Å²) in [5.41, 5.74) is 1.15. The van der Waals surface area contributed by atoms with Crippen molar-refractivity contribution in [2.45, 2.75) is 38.6 Å². The fourth-order valence-corrected chi connectivity index (χ4v) is 2.26. The molecule has 1 N–H and O–H groups in total. The Labute approximate surface area is 115 Å². The second kappa shape index (κ2) is 5.90. The smallest absolute Gasteiger partial charge is 0.162 e. The van der Waals surface area contributed by atoms with Gasteiger partial charge in [-0.25, -0.2) is 0 Å². The van der Waals surface area contributed by atoms with Crippen LogP contribution in [0.5, 0.6) is 5.75 Å². The van der Waals surface area contributed by atoms with Crippen LogP contribution >= 0.6 is 0 Å². The van der Waals surface area contributed by atoms with Crippen LogP contribution in [0, 0.1) is 0 Å². The lowest BCUT2D eigenvalue weighted by atomic mass is 10.1. The molecule has 0 aliphatic carbocycles. The average molecular weight is 265 g/mol. The highest BCUT2D eigenvalue weighted by molar-refractivity contribution is 5.35. The first kappa shape index (κ1) is 14.3. The van der Waals surface area contributed by atoms with Crippen molar-refractivity contribution in [1.29, 1.82) is 0 Å². The lowest BCUT2D eigenvalue weighted by molar-refractivity contribution is -0.253. The summed E-state index contributed by atoms with van der Waals surface area (Å²) in [6, 6.07) is 8.44. The predicted octanol–water partition coefficient (Wildman–Crippen LogP) is 2.50. The number of para-hydroxylation sites is 1. The molecule has 0 amide bonds. The van der Waals surface area contributed by atoms with Crippen molar-refractivity contribution in [3.8, 4) is 5.75 Å². The van der Waals surface area contributed by atoms with Crippen molar-refractivity contribution in [3.63, 3.8) is 0 Å². The molecule has 106 valence electrons. The zero-order chi connectivity index (χ0) is 13.9. The Balaban J connectivity index is 1.96. The summed E-state index contributed by atoms with van der Waals surface area (Å²) in [7, 11) is 1.70. The highest BCUT2D eigenvalue weighted by Crippen LogP contribution is 2.25. The summed E-state index contributed by atoms with van der Waals surface area (Å²) in [5, 5.41) is 3.52. The molecule has 1 heterocycles. The molecule has 1 aliphatic heterocycles. The van der Waals surface area contributed by atoms with Crippen molar-refractivity contribution in [2.75, 3.05) is 20.3 Å². The van der Waals surface area contributed by atoms with Gasteiger partial charge in [0.25, 0.3) is 0 Å². The van der Waals surface area contributed by atoms with E-state index in [9.17, 15) is 0 Å². The van der Waals surface area contributed by atoms with Gasteiger partial charge in [0, 0.05) is 11.6 Å². The standard InChI is InChI=1S/C15H23NO3/c1-11(13-7-5-6-8-14(13)17-4)16-12-9-18-15(2,3)19-10-12/h5-8,11-12,16H,9-10H2,1-4H3/t11-/m1/s1. The Morgan fingerprint density at radius 1 is 1.26 bits per heavy atom. The molecule has 2 rings (SSSR count). The molecular formula is C15H23NO3. The van der Waals surface area contributed by atoms with Gasteiger partial charge in [-0.2, -0.15) is 0 Å². The van der Waals surface area contributed by atoms with Crippen LogP contribution < -0.4 is 10.1 Å². The average Bonchev–Trinajstić information content (AvgIpc) is 2.41. The number of methoxy groups -OCH3 is 1. The van der Waals surface area contributed by atoms with Gasteiger partial charge >= 0.3 is 0 Å². The molecule has 19 heavy (non-hydrogen) atoms. The third-order valence-electron chi connectivity index (χ3n) is 3.36. The van der Waals surface area contributed by atoms with E-state index in [-0.39, 0.29) is 12.1 Å². The minimum Gasteiger partial charge on any atom is -0.496 e. The van der Waals surface area contributed by atoms with Crippen LogP contribution in [0.2, 0.25) is 0 Å². The Bertz CT molecular complexity index is 410. The lowest BCUT2D eigenvalue weighted by Gasteiger charge is -2.36. The van der Waals surface area contributed by atoms with E-state index in [4.69, 9.17) is 14.2 Å². The van der Waals surface area contributed by atoms with Gasteiger partial charge in [0.1, 0.15) is 5.75 Å². The molecule has 0 unspecified atom stereocenters. The Morgan fingerprint density at radius 3 is 2.53 bits per heavy atom. The number of benzene rings is 1. The van der Waals surface area contributed by atoms with Crippen molar-refractivity contribution in [1.82, 2.24) is 5.32 Å². The second-order valence-electron chi connectivity index (χ2n) is 5.35. The minimum absolute atomic E-state index is 0.189. The van der Waals surface area contributed by atoms with E-state index in [0.717, 1.165) is 11.3 Å². The number of nitrogens with one attached hydrogen (secondary N) is 1. The maximum Gasteiger partial charge on any atom is 0.162 e. The third kappa shape index (κ3) is 3.69. The molecular weight excluding hydrogens is 242 g/mol. The molecule has 4 nitrogen and oxygen atoms in total.